The third-order valence-corrected chi connectivity index (χ3v) is 4.02. The van der Waals surface area contributed by atoms with Crippen molar-refractivity contribution in [1.82, 2.24) is 4.90 Å². The van der Waals surface area contributed by atoms with Gasteiger partial charge in [-0.15, -0.1) is 0 Å². The average Bonchev–Trinajstić information content (AvgIpc) is 2.90. The van der Waals surface area contributed by atoms with E-state index in [0.717, 1.165) is 12.1 Å². The van der Waals surface area contributed by atoms with Crippen molar-refractivity contribution >= 4 is 17.5 Å². The summed E-state index contributed by atoms with van der Waals surface area (Å²) in [4.78, 5) is 25.9. The van der Waals surface area contributed by atoms with Gasteiger partial charge in [-0.05, 0) is 39.0 Å². The molecule has 0 saturated carbocycles. The van der Waals surface area contributed by atoms with Crippen molar-refractivity contribution in [2.45, 2.75) is 39.4 Å². The minimum Gasteiger partial charge on any atom is -0.492 e. The Kier molecular flexibility index (Phi) is 5.59. The zero-order valence-corrected chi connectivity index (χ0v) is 14.3. The van der Waals surface area contributed by atoms with Crippen molar-refractivity contribution in [3.63, 3.8) is 0 Å². The molecule has 1 aliphatic rings. The lowest BCUT2D eigenvalue weighted by Crippen LogP contribution is -2.33. The van der Waals surface area contributed by atoms with E-state index in [0.29, 0.717) is 0 Å². The Morgan fingerprint density at radius 1 is 1.40 bits per heavy atom. The number of rotatable bonds is 5. The molecule has 2 rings (SSSR count). The van der Waals surface area contributed by atoms with E-state index in [2.05, 4.69) is 5.32 Å². The third-order valence-electron chi connectivity index (χ3n) is 4.02. The minimum absolute atomic E-state index is 0.0298. The zero-order chi connectivity index (χ0) is 18.8. The molecule has 5 nitrogen and oxygen atoms in total. The molecule has 0 radical (unpaired) electrons. The number of likely N-dealkylation sites (tertiary alicyclic amines) is 1. The van der Waals surface area contributed by atoms with Crippen LogP contribution in [0.2, 0.25) is 0 Å². The Bertz CT molecular complexity index is 659. The molecular formula is C17H21F3N2O3. The van der Waals surface area contributed by atoms with Crippen molar-refractivity contribution in [1.29, 1.82) is 0 Å². The van der Waals surface area contributed by atoms with E-state index in [9.17, 15) is 22.8 Å². The minimum atomic E-state index is -4.53. The molecule has 1 aromatic rings. The molecule has 0 unspecified atom stereocenters. The van der Waals surface area contributed by atoms with Crippen molar-refractivity contribution in [2.75, 3.05) is 18.5 Å². The number of anilines is 1. The molecule has 0 bridgehead atoms. The van der Waals surface area contributed by atoms with Gasteiger partial charge < -0.3 is 15.0 Å². The first-order chi connectivity index (χ1) is 11.6. The SMILES string of the molecule is CCOc1ccc(C(F)(F)F)cc1NC(=O)[C@@H]1CC(=O)N(C(C)C)C1. The molecule has 25 heavy (non-hydrogen) atoms. The van der Waals surface area contributed by atoms with Crippen LogP contribution in [0.5, 0.6) is 5.75 Å². The van der Waals surface area contributed by atoms with Gasteiger partial charge in [-0.3, -0.25) is 9.59 Å². The maximum absolute atomic E-state index is 12.9. The molecule has 1 saturated heterocycles. The largest absolute Gasteiger partial charge is 0.492 e. The number of ether oxygens (including phenoxy) is 1. The fourth-order valence-corrected chi connectivity index (χ4v) is 2.73. The van der Waals surface area contributed by atoms with E-state index in [-0.39, 0.29) is 43.0 Å². The molecule has 2 amide bonds. The Balaban J connectivity index is 2.20. The van der Waals surface area contributed by atoms with E-state index < -0.39 is 23.6 Å². The summed E-state index contributed by atoms with van der Waals surface area (Å²) in [5.41, 5.74) is -0.922. The third kappa shape index (κ3) is 4.43. The summed E-state index contributed by atoms with van der Waals surface area (Å²) in [6, 6.07) is 2.90. The highest BCUT2D eigenvalue weighted by Crippen LogP contribution is 2.35. The molecule has 0 spiro atoms. The first-order valence-electron chi connectivity index (χ1n) is 8.07. The molecule has 8 heteroatoms. The van der Waals surface area contributed by atoms with Crippen LogP contribution in [0.15, 0.2) is 18.2 Å². The van der Waals surface area contributed by atoms with Crippen LogP contribution in [-0.2, 0) is 15.8 Å². The fourth-order valence-electron chi connectivity index (χ4n) is 2.73. The Morgan fingerprint density at radius 2 is 2.08 bits per heavy atom. The number of hydrogen-bond acceptors (Lipinski definition) is 3. The Hall–Kier alpha value is -2.25. The highest BCUT2D eigenvalue weighted by molar-refractivity contribution is 5.98. The lowest BCUT2D eigenvalue weighted by atomic mass is 10.1. The number of nitrogens with one attached hydrogen (secondary N) is 1. The molecule has 1 heterocycles. The molecule has 138 valence electrons. The predicted molar refractivity (Wildman–Crippen MR) is 86.2 cm³/mol. The second-order valence-corrected chi connectivity index (χ2v) is 6.17. The van der Waals surface area contributed by atoms with Gasteiger partial charge in [0.05, 0.1) is 23.8 Å². The van der Waals surface area contributed by atoms with E-state index in [1.165, 1.54) is 6.07 Å². The molecule has 1 atom stereocenters. The molecule has 1 fully saturated rings. The van der Waals surface area contributed by atoms with Crippen molar-refractivity contribution in [3.05, 3.63) is 23.8 Å². The van der Waals surface area contributed by atoms with Gasteiger partial charge in [0, 0.05) is 19.0 Å². The lowest BCUT2D eigenvalue weighted by molar-refractivity contribution is -0.137. The topological polar surface area (TPSA) is 58.6 Å². The number of benzene rings is 1. The number of carbonyl (C=O) groups excluding carboxylic acids is 2. The zero-order valence-electron chi connectivity index (χ0n) is 14.3. The van der Waals surface area contributed by atoms with E-state index >= 15 is 0 Å². The molecule has 1 N–H and O–H groups in total. The summed E-state index contributed by atoms with van der Waals surface area (Å²) in [5, 5.41) is 2.49. The van der Waals surface area contributed by atoms with Crippen molar-refractivity contribution < 1.29 is 27.5 Å². The average molecular weight is 358 g/mol. The summed E-state index contributed by atoms with van der Waals surface area (Å²) in [6.07, 6.45) is -4.48. The van der Waals surface area contributed by atoms with Gasteiger partial charge in [-0.2, -0.15) is 13.2 Å². The van der Waals surface area contributed by atoms with Crippen LogP contribution in [0.1, 0.15) is 32.8 Å². The molecule has 1 aliphatic heterocycles. The molecule has 0 aromatic heterocycles. The smallest absolute Gasteiger partial charge is 0.416 e. The van der Waals surface area contributed by atoms with Gasteiger partial charge in [0.15, 0.2) is 0 Å². The number of alkyl halides is 3. The summed E-state index contributed by atoms with van der Waals surface area (Å²) >= 11 is 0. The fraction of sp³-hybridized carbons (Fsp3) is 0.529. The second-order valence-electron chi connectivity index (χ2n) is 6.17. The van der Waals surface area contributed by atoms with E-state index in [1.807, 2.05) is 13.8 Å². The summed E-state index contributed by atoms with van der Waals surface area (Å²) in [6.45, 7) is 5.89. The van der Waals surface area contributed by atoms with E-state index in [1.54, 1.807) is 11.8 Å². The van der Waals surface area contributed by atoms with Gasteiger partial charge in [-0.1, -0.05) is 0 Å². The number of hydrogen-bond donors (Lipinski definition) is 1. The van der Waals surface area contributed by atoms with Crippen LogP contribution in [0, 0.1) is 5.92 Å². The molecular weight excluding hydrogens is 337 g/mol. The van der Waals surface area contributed by atoms with Gasteiger partial charge in [0.2, 0.25) is 11.8 Å². The van der Waals surface area contributed by atoms with Crippen LogP contribution in [0.25, 0.3) is 0 Å². The van der Waals surface area contributed by atoms with Crippen LogP contribution in [-0.4, -0.2) is 35.9 Å². The quantitative estimate of drug-likeness (QED) is 0.879. The highest BCUT2D eigenvalue weighted by Gasteiger charge is 2.36. The number of amides is 2. The first-order valence-corrected chi connectivity index (χ1v) is 8.07. The lowest BCUT2D eigenvalue weighted by Gasteiger charge is -2.21. The summed E-state index contributed by atoms with van der Waals surface area (Å²) in [7, 11) is 0. The summed E-state index contributed by atoms with van der Waals surface area (Å²) < 4.78 is 44.0. The maximum atomic E-state index is 12.9. The second kappa shape index (κ2) is 7.33. The van der Waals surface area contributed by atoms with Crippen LogP contribution in [0.3, 0.4) is 0 Å². The molecule has 0 aliphatic carbocycles. The number of halogens is 3. The van der Waals surface area contributed by atoms with Gasteiger partial charge in [0.1, 0.15) is 5.75 Å². The van der Waals surface area contributed by atoms with Crippen LogP contribution < -0.4 is 10.1 Å². The monoisotopic (exact) mass is 358 g/mol. The first kappa shape index (κ1) is 19.1. The van der Waals surface area contributed by atoms with Gasteiger partial charge >= 0.3 is 6.18 Å². The normalized spacial score (nSPS) is 18.0. The standard InChI is InChI=1S/C17H21F3N2O3/c1-4-25-14-6-5-12(17(18,19)20)8-13(14)21-16(24)11-7-15(23)22(9-11)10(2)3/h5-6,8,10-11H,4,7,9H2,1-3H3,(H,21,24)/t11-/m1/s1. The van der Waals surface area contributed by atoms with Gasteiger partial charge in [-0.25, -0.2) is 0 Å². The predicted octanol–water partition coefficient (Wildman–Crippen LogP) is 3.30. The van der Waals surface area contributed by atoms with Crippen molar-refractivity contribution in [3.8, 4) is 5.75 Å². The number of nitrogens with zero attached hydrogens (tertiary/aromatic N) is 1. The van der Waals surface area contributed by atoms with Crippen molar-refractivity contribution in [2.24, 2.45) is 5.92 Å². The Morgan fingerprint density at radius 3 is 2.60 bits per heavy atom. The van der Waals surface area contributed by atoms with Crippen LogP contribution >= 0.6 is 0 Å². The maximum Gasteiger partial charge on any atom is 0.416 e. The summed E-state index contributed by atoms with van der Waals surface area (Å²) in [5.74, 6) is -1.06. The Labute approximate surface area is 144 Å². The molecule has 1 aromatic carbocycles. The van der Waals surface area contributed by atoms with Crippen LogP contribution in [0.4, 0.5) is 18.9 Å². The van der Waals surface area contributed by atoms with E-state index in [4.69, 9.17) is 4.74 Å². The van der Waals surface area contributed by atoms with Gasteiger partial charge in [0.25, 0.3) is 0 Å². The number of carbonyl (C=O) groups is 2. The highest BCUT2D eigenvalue weighted by atomic mass is 19.4.